The third kappa shape index (κ3) is 5.92. The Bertz CT molecular complexity index is 2040. The number of aryl methyl sites for hydroxylation is 5. The molecule has 2 aliphatic rings. The standard InChI is InChI=1S/C37H43ClN6O3S/c1-22-33-31-13-12-29(38)35(33)34-23(2)42(4)40-30(34)20-41(3)19-25-17-26(43(5)39-25)21-48-27-16-24-10-7-8-11-28(24)32(18-27)47-15-9-14-44(31)36(22)37(45)46-6/h12-13,16-18H,7-11,14-15,19-21H2,1-6H3. The van der Waals surface area contributed by atoms with E-state index in [4.69, 9.17) is 31.3 Å². The van der Waals surface area contributed by atoms with Gasteiger partial charge in [-0.1, -0.05) is 11.6 Å². The van der Waals surface area contributed by atoms with Gasteiger partial charge in [-0.05, 0) is 100 Å². The number of fused-ring (bicyclic) bond motifs is 8. The van der Waals surface area contributed by atoms with Crippen LogP contribution in [0.2, 0.25) is 5.02 Å². The molecule has 0 fully saturated rings. The van der Waals surface area contributed by atoms with Crippen LogP contribution in [0.1, 0.15) is 69.2 Å². The van der Waals surface area contributed by atoms with E-state index in [0.29, 0.717) is 37.0 Å². The largest absolute Gasteiger partial charge is 0.493 e. The highest BCUT2D eigenvalue weighted by molar-refractivity contribution is 7.98. The highest BCUT2D eigenvalue weighted by Crippen LogP contribution is 2.43. The Balaban J connectivity index is 1.37. The third-order valence-electron chi connectivity index (χ3n) is 9.91. The minimum Gasteiger partial charge on any atom is -0.493 e. The second-order valence-electron chi connectivity index (χ2n) is 13.1. The van der Waals surface area contributed by atoms with Gasteiger partial charge >= 0.3 is 5.97 Å². The molecule has 4 heterocycles. The summed E-state index contributed by atoms with van der Waals surface area (Å²) in [5.41, 5.74) is 11.1. The van der Waals surface area contributed by atoms with Gasteiger partial charge in [0.1, 0.15) is 11.4 Å². The van der Waals surface area contributed by atoms with Crippen LogP contribution in [0.5, 0.6) is 5.75 Å². The van der Waals surface area contributed by atoms with Crippen LogP contribution in [0, 0.1) is 13.8 Å². The summed E-state index contributed by atoms with van der Waals surface area (Å²) in [5.74, 6) is 1.45. The fourth-order valence-corrected chi connectivity index (χ4v) is 8.76. The number of hydrogen-bond acceptors (Lipinski definition) is 7. The number of hydrogen-bond donors (Lipinski definition) is 0. The van der Waals surface area contributed by atoms with E-state index in [0.717, 1.165) is 75.4 Å². The minimum atomic E-state index is -0.363. The Morgan fingerprint density at radius 1 is 0.979 bits per heavy atom. The summed E-state index contributed by atoms with van der Waals surface area (Å²) in [4.78, 5) is 16.8. The van der Waals surface area contributed by atoms with Gasteiger partial charge in [-0.2, -0.15) is 10.2 Å². The first-order valence-electron chi connectivity index (χ1n) is 16.7. The molecule has 3 aromatic heterocycles. The van der Waals surface area contributed by atoms with Gasteiger partial charge in [-0.15, -0.1) is 11.8 Å². The minimum absolute atomic E-state index is 0.363. The van der Waals surface area contributed by atoms with Crippen molar-refractivity contribution in [2.45, 2.75) is 76.2 Å². The van der Waals surface area contributed by atoms with Crippen molar-refractivity contribution in [2.75, 3.05) is 20.8 Å². The highest BCUT2D eigenvalue weighted by atomic mass is 35.5. The molecule has 0 saturated heterocycles. The monoisotopic (exact) mass is 686 g/mol. The van der Waals surface area contributed by atoms with Gasteiger partial charge in [-0.3, -0.25) is 14.3 Å². The first-order chi connectivity index (χ1) is 23.1. The van der Waals surface area contributed by atoms with Gasteiger partial charge in [0.05, 0.1) is 25.1 Å². The number of esters is 1. The van der Waals surface area contributed by atoms with Crippen molar-refractivity contribution < 1.29 is 14.3 Å². The maximum atomic E-state index is 13.4. The van der Waals surface area contributed by atoms with Crippen molar-refractivity contribution >= 4 is 40.2 Å². The van der Waals surface area contributed by atoms with Crippen LogP contribution in [-0.2, 0) is 57.1 Å². The Morgan fingerprint density at radius 2 is 1.79 bits per heavy atom. The van der Waals surface area contributed by atoms with E-state index in [2.05, 4.69) is 41.6 Å². The van der Waals surface area contributed by atoms with Crippen LogP contribution in [-0.4, -0.2) is 55.8 Å². The lowest BCUT2D eigenvalue weighted by Crippen LogP contribution is -2.18. The average molecular weight is 687 g/mol. The molecule has 0 spiro atoms. The van der Waals surface area contributed by atoms with E-state index in [1.807, 2.05) is 54.3 Å². The summed E-state index contributed by atoms with van der Waals surface area (Å²) >= 11 is 8.92. The molecule has 0 amide bonds. The zero-order chi connectivity index (χ0) is 33.7. The van der Waals surface area contributed by atoms with E-state index >= 15 is 0 Å². The first kappa shape index (κ1) is 32.8. The fraction of sp³-hybridized carbons (Fsp3) is 0.432. The number of aromatic nitrogens is 5. The zero-order valence-electron chi connectivity index (χ0n) is 28.7. The molecule has 1 aliphatic heterocycles. The third-order valence-corrected chi connectivity index (χ3v) is 11.2. The van der Waals surface area contributed by atoms with Crippen LogP contribution in [0.4, 0.5) is 0 Å². The smallest absolute Gasteiger partial charge is 0.354 e. The number of thioether (sulfide) groups is 1. The van der Waals surface area contributed by atoms with E-state index in [-0.39, 0.29) is 5.97 Å². The second-order valence-corrected chi connectivity index (χ2v) is 14.6. The predicted octanol–water partition coefficient (Wildman–Crippen LogP) is 7.42. The number of benzene rings is 2. The summed E-state index contributed by atoms with van der Waals surface area (Å²) < 4.78 is 17.9. The quantitative estimate of drug-likeness (QED) is 0.170. The number of ether oxygens (including phenoxy) is 2. The average Bonchev–Trinajstić information content (AvgIpc) is 3.66. The summed E-state index contributed by atoms with van der Waals surface area (Å²) in [6, 6.07) is 10.7. The van der Waals surface area contributed by atoms with Crippen molar-refractivity contribution in [3.63, 3.8) is 0 Å². The zero-order valence-corrected chi connectivity index (χ0v) is 30.2. The maximum Gasteiger partial charge on any atom is 0.354 e. The van der Waals surface area contributed by atoms with Crippen molar-refractivity contribution in [2.24, 2.45) is 14.1 Å². The number of nitrogens with zero attached hydrogens (tertiary/aromatic N) is 6. The number of rotatable bonds is 1. The molecule has 0 atom stereocenters. The van der Waals surface area contributed by atoms with E-state index < -0.39 is 0 Å². The Hall–Kier alpha value is -3.73. The van der Waals surface area contributed by atoms with E-state index in [9.17, 15) is 4.79 Å². The van der Waals surface area contributed by atoms with Gasteiger partial charge in [0.25, 0.3) is 0 Å². The van der Waals surface area contributed by atoms with Crippen LogP contribution < -0.4 is 4.74 Å². The molecule has 0 N–H and O–H groups in total. The van der Waals surface area contributed by atoms with Gasteiger partial charge in [0.2, 0.25) is 0 Å². The molecule has 0 radical (unpaired) electrons. The lowest BCUT2D eigenvalue weighted by molar-refractivity contribution is 0.0587. The van der Waals surface area contributed by atoms with Crippen molar-refractivity contribution in [1.82, 2.24) is 29.0 Å². The van der Waals surface area contributed by atoms with Gasteiger partial charge < -0.3 is 14.0 Å². The molecular weight excluding hydrogens is 644 g/mol. The number of carbonyl (C=O) groups is 1. The van der Waals surface area contributed by atoms with Crippen molar-refractivity contribution in [1.29, 1.82) is 0 Å². The lowest BCUT2D eigenvalue weighted by atomic mass is 9.91. The van der Waals surface area contributed by atoms with Crippen LogP contribution >= 0.6 is 23.4 Å². The van der Waals surface area contributed by atoms with Gasteiger partial charge in [0.15, 0.2) is 0 Å². The van der Waals surface area contributed by atoms with Crippen LogP contribution in [0.3, 0.4) is 0 Å². The normalized spacial score (nSPS) is 15.9. The molecule has 11 heteroatoms. The molecular formula is C37H43ClN6O3S. The van der Waals surface area contributed by atoms with E-state index in [1.165, 1.54) is 41.7 Å². The summed E-state index contributed by atoms with van der Waals surface area (Å²) in [6.45, 7) is 6.46. The van der Waals surface area contributed by atoms with Crippen molar-refractivity contribution in [3.05, 3.63) is 80.5 Å². The number of halogens is 1. The lowest BCUT2D eigenvalue weighted by Gasteiger charge is -2.21. The van der Waals surface area contributed by atoms with Crippen molar-refractivity contribution in [3.8, 4) is 16.9 Å². The molecule has 252 valence electrons. The summed E-state index contributed by atoms with van der Waals surface area (Å²) in [7, 11) is 7.53. The maximum absolute atomic E-state index is 13.4. The fourth-order valence-electron chi connectivity index (χ4n) is 7.51. The molecule has 8 bridgehead atoms. The predicted molar refractivity (Wildman–Crippen MR) is 191 cm³/mol. The van der Waals surface area contributed by atoms with Gasteiger partial charge in [0, 0.05) is 82.8 Å². The number of carbonyl (C=O) groups excluding carboxylic acids is 1. The molecule has 0 unspecified atom stereocenters. The second kappa shape index (κ2) is 13.3. The molecule has 0 saturated carbocycles. The summed E-state index contributed by atoms with van der Waals surface area (Å²) in [5, 5.41) is 11.4. The summed E-state index contributed by atoms with van der Waals surface area (Å²) in [6.07, 6.45) is 5.24. The molecule has 1 aliphatic carbocycles. The molecule has 2 aromatic carbocycles. The first-order valence-corrected chi connectivity index (χ1v) is 18.0. The van der Waals surface area contributed by atoms with Gasteiger partial charge in [-0.25, -0.2) is 4.79 Å². The van der Waals surface area contributed by atoms with E-state index in [1.54, 1.807) is 0 Å². The molecule has 48 heavy (non-hydrogen) atoms. The Kier molecular flexibility index (Phi) is 9.08. The Morgan fingerprint density at radius 3 is 2.60 bits per heavy atom. The molecule has 9 nitrogen and oxygen atoms in total. The Labute approximate surface area is 291 Å². The SMILES string of the molecule is COC(=O)c1c(C)c2c3c(Cl)ccc2n1CCCOc1cc(cc2c1CCCC2)SCc1cc(nn1C)CN(C)Cc1nn(C)c(C)c1-3. The number of methoxy groups -OCH3 is 1. The molecule has 5 aromatic rings. The van der Waals surface area contributed by atoms with Crippen LogP contribution in [0.15, 0.2) is 35.2 Å². The topological polar surface area (TPSA) is 79.3 Å². The highest BCUT2D eigenvalue weighted by Gasteiger charge is 2.28. The van der Waals surface area contributed by atoms with Crippen LogP contribution in [0.25, 0.3) is 22.0 Å². The molecule has 7 rings (SSSR count).